The molecule has 0 unspecified atom stereocenters. The fourth-order valence-electron chi connectivity index (χ4n) is 1.92. The monoisotopic (exact) mass is 304 g/mol. The zero-order valence-electron chi connectivity index (χ0n) is 12.2. The topological polar surface area (TPSA) is 115 Å². The summed E-state index contributed by atoms with van der Waals surface area (Å²) in [4.78, 5) is 25.9. The third kappa shape index (κ3) is 4.27. The first-order chi connectivity index (χ1) is 10.4. The Balaban J connectivity index is 1.81. The highest BCUT2D eigenvalue weighted by Gasteiger charge is 2.09. The van der Waals surface area contributed by atoms with Crippen molar-refractivity contribution in [3.63, 3.8) is 0 Å². The summed E-state index contributed by atoms with van der Waals surface area (Å²) < 4.78 is 1.40. The molecule has 9 heteroatoms. The summed E-state index contributed by atoms with van der Waals surface area (Å²) in [7, 11) is 0. The lowest BCUT2D eigenvalue weighted by molar-refractivity contribution is -0.385. The van der Waals surface area contributed by atoms with Crippen LogP contribution in [0.5, 0.6) is 0 Å². The van der Waals surface area contributed by atoms with E-state index in [1.54, 1.807) is 6.07 Å². The molecule has 0 aliphatic rings. The van der Waals surface area contributed by atoms with Crippen molar-refractivity contribution in [1.29, 1.82) is 0 Å². The van der Waals surface area contributed by atoms with Crippen molar-refractivity contribution >= 4 is 17.5 Å². The third-order valence-corrected chi connectivity index (χ3v) is 2.80. The Kier molecular flexibility index (Phi) is 4.66. The van der Waals surface area contributed by atoms with E-state index in [1.807, 2.05) is 19.9 Å². The van der Waals surface area contributed by atoms with Crippen LogP contribution in [0.15, 0.2) is 24.5 Å². The van der Waals surface area contributed by atoms with Gasteiger partial charge in [-0.3, -0.25) is 20.1 Å². The van der Waals surface area contributed by atoms with E-state index in [0.717, 1.165) is 11.3 Å². The minimum Gasteiger partial charge on any atom is -0.336 e. The maximum Gasteiger partial charge on any atom is 0.320 e. The molecule has 0 spiro atoms. The smallest absolute Gasteiger partial charge is 0.320 e. The van der Waals surface area contributed by atoms with Crippen LogP contribution in [-0.2, 0) is 6.54 Å². The Labute approximate surface area is 126 Å². The highest BCUT2D eigenvalue weighted by Crippen LogP contribution is 2.09. The van der Waals surface area contributed by atoms with E-state index in [-0.39, 0.29) is 18.3 Å². The van der Waals surface area contributed by atoms with Gasteiger partial charge in [-0.05, 0) is 31.5 Å². The SMILES string of the molecule is Cc1cc(C)nc(NC(=O)NCCn2cc([N+](=O)[O-])cn2)c1. The van der Waals surface area contributed by atoms with Gasteiger partial charge < -0.3 is 5.32 Å². The number of nitro groups is 1. The molecule has 2 aromatic rings. The van der Waals surface area contributed by atoms with Gasteiger partial charge in [0, 0.05) is 12.2 Å². The van der Waals surface area contributed by atoms with Crippen molar-refractivity contribution < 1.29 is 9.72 Å². The first kappa shape index (κ1) is 15.4. The molecule has 2 rings (SSSR count). The number of hydrogen-bond donors (Lipinski definition) is 2. The number of hydrogen-bond acceptors (Lipinski definition) is 5. The molecule has 2 amide bonds. The number of urea groups is 1. The van der Waals surface area contributed by atoms with E-state index in [2.05, 4.69) is 20.7 Å². The van der Waals surface area contributed by atoms with Crippen molar-refractivity contribution in [3.05, 3.63) is 45.9 Å². The van der Waals surface area contributed by atoms with Gasteiger partial charge in [0.1, 0.15) is 18.2 Å². The molecule has 0 atom stereocenters. The lowest BCUT2D eigenvalue weighted by atomic mass is 10.2. The molecule has 0 fully saturated rings. The van der Waals surface area contributed by atoms with Gasteiger partial charge in [-0.1, -0.05) is 0 Å². The number of rotatable bonds is 5. The van der Waals surface area contributed by atoms with Crippen LogP contribution in [0, 0.1) is 24.0 Å². The summed E-state index contributed by atoms with van der Waals surface area (Å²) >= 11 is 0. The van der Waals surface area contributed by atoms with Crippen LogP contribution in [-0.4, -0.2) is 32.3 Å². The molecule has 0 aromatic carbocycles. The molecule has 0 saturated heterocycles. The van der Waals surface area contributed by atoms with Crippen LogP contribution in [0.1, 0.15) is 11.3 Å². The van der Waals surface area contributed by atoms with Crippen LogP contribution in [0.3, 0.4) is 0 Å². The van der Waals surface area contributed by atoms with Gasteiger partial charge in [-0.15, -0.1) is 0 Å². The van der Waals surface area contributed by atoms with E-state index < -0.39 is 4.92 Å². The van der Waals surface area contributed by atoms with Gasteiger partial charge in [0.25, 0.3) is 0 Å². The summed E-state index contributed by atoms with van der Waals surface area (Å²) in [6.07, 6.45) is 2.48. The minimum absolute atomic E-state index is 0.0797. The normalized spacial score (nSPS) is 10.3. The molecule has 2 N–H and O–H groups in total. The molecular weight excluding hydrogens is 288 g/mol. The summed E-state index contributed by atoms with van der Waals surface area (Å²) in [5, 5.41) is 19.6. The number of carbonyl (C=O) groups excluding carboxylic acids is 1. The molecule has 9 nitrogen and oxygen atoms in total. The number of nitrogens with zero attached hydrogens (tertiary/aromatic N) is 4. The van der Waals surface area contributed by atoms with E-state index in [1.165, 1.54) is 17.1 Å². The number of aryl methyl sites for hydroxylation is 2. The van der Waals surface area contributed by atoms with Crippen LogP contribution >= 0.6 is 0 Å². The van der Waals surface area contributed by atoms with Crippen molar-refractivity contribution in [2.45, 2.75) is 20.4 Å². The summed E-state index contributed by atoms with van der Waals surface area (Å²) in [5.41, 5.74) is 1.75. The fraction of sp³-hybridized carbons (Fsp3) is 0.308. The molecule has 22 heavy (non-hydrogen) atoms. The maximum atomic E-state index is 11.7. The predicted octanol–water partition coefficient (Wildman–Crippen LogP) is 1.62. The third-order valence-electron chi connectivity index (χ3n) is 2.80. The van der Waals surface area contributed by atoms with Gasteiger partial charge >= 0.3 is 11.7 Å². The number of nitrogens with one attached hydrogen (secondary N) is 2. The van der Waals surface area contributed by atoms with Gasteiger partial charge in [0.05, 0.1) is 11.5 Å². The van der Waals surface area contributed by atoms with Crippen molar-refractivity contribution in [1.82, 2.24) is 20.1 Å². The van der Waals surface area contributed by atoms with E-state index in [0.29, 0.717) is 12.4 Å². The first-order valence-corrected chi connectivity index (χ1v) is 6.61. The molecular formula is C13H16N6O3. The summed E-state index contributed by atoms with van der Waals surface area (Å²) in [6, 6.07) is 3.29. The number of anilines is 1. The van der Waals surface area contributed by atoms with Gasteiger partial charge in [0.2, 0.25) is 0 Å². The van der Waals surface area contributed by atoms with Gasteiger partial charge in [-0.25, -0.2) is 9.78 Å². The minimum atomic E-state index is -0.518. The average Bonchev–Trinajstić information content (AvgIpc) is 2.86. The molecule has 0 radical (unpaired) electrons. The number of carbonyl (C=O) groups is 1. The van der Waals surface area contributed by atoms with Crippen LogP contribution in [0.2, 0.25) is 0 Å². The Morgan fingerprint density at radius 2 is 2.18 bits per heavy atom. The largest absolute Gasteiger partial charge is 0.336 e. The molecule has 0 aliphatic heterocycles. The lowest BCUT2D eigenvalue weighted by Gasteiger charge is -2.08. The second-order valence-corrected chi connectivity index (χ2v) is 4.77. The molecule has 2 aromatic heterocycles. The predicted molar refractivity (Wildman–Crippen MR) is 79.6 cm³/mol. The average molecular weight is 304 g/mol. The second kappa shape index (κ2) is 6.66. The lowest BCUT2D eigenvalue weighted by Crippen LogP contribution is -2.31. The molecule has 0 bridgehead atoms. The standard InChI is InChI=1S/C13H16N6O3/c1-9-5-10(2)16-12(6-9)17-13(20)14-3-4-18-8-11(7-15-18)19(21)22/h5-8H,3-4H2,1-2H3,(H2,14,16,17,20). The van der Waals surface area contributed by atoms with Crippen LogP contribution < -0.4 is 10.6 Å². The van der Waals surface area contributed by atoms with Crippen LogP contribution in [0.25, 0.3) is 0 Å². The number of pyridine rings is 1. The second-order valence-electron chi connectivity index (χ2n) is 4.77. The summed E-state index contributed by atoms with van der Waals surface area (Å²) in [5.74, 6) is 0.477. The molecule has 116 valence electrons. The van der Waals surface area contributed by atoms with Crippen LogP contribution in [0.4, 0.5) is 16.3 Å². The Morgan fingerprint density at radius 3 is 2.82 bits per heavy atom. The van der Waals surface area contributed by atoms with E-state index in [9.17, 15) is 14.9 Å². The highest BCUT2D eigenvalue weighted by molar-refractivity contribution is 5.88. The molecule has 0 aliphatic carbocycles. The zero-order chi connectivity index (χ0) is 16.1. The Morgan fingerprint density at radius 1 is 1.41 bits per heavy atom. The maximum absolute atomic E-state index is 11.7. The van der Waals surface area contributed by atoms with E-state index in [4.69, 9.17) is 0 Å². The van der Waals surface area contributed by atoms with Crippen molar-refractivity contribution in [2.75, 3.05) is 11.9 Å². The number of aromatic nitrogens is 3. The highest BCUT2D eigenvalue weighted by atomic mass is 16.6. The summed E-state index contributed by atoms with van der Waals surface area (Å²) in [6.45, 7) is 4.39. The Bertz CT molecular complexity index is 677. The van der Waals surface area contributed by atoms with Crippen molar-refractivity contribution in [2.24, 2.45) is 0 Å². The fourth-order valence-corrected chi connectivity index (χ4v) is 1.92. The quantitative estimate of drug-likeness (QED) is 0.643. The van der Waals surface area contributed by atoms with Gasteiger partial charge in [-0.2, -0.15) is 5.10 Å². The van der Waals surface area contributed by atoms with E-state index >= 15 is 0 Å². The molecule has 0 saturated carbocycles. The zero-order valence-corrected chi connectivity index (χ0v) is 12.2. The van der Waals surface area contributed by atoms with Gasteiger partial charge in [0.15, 0.2) is 0 Å². The Hall–Kier alpha value is -2.97. The van der Waals surface area contributed by atoms with Crippen molar-refractivity contribution in [3.8, 4) is 0 Å². The molecule has 2 heterocycles. The first-order valence-electron chi connectivity index (χ1n) is 6.61. The number of amides is 2.